The highest BCUT2D eigenvalue weighted by Crippen LogP contribution is 2.48. The van der Waals surface area contributed by atoms with Gasteiger partial charge in [0.05, 0.1) is 18.4 Å². The number of piperazine rings is 1. The number of fused-ring (bicyclic) bond motifs is 2. The van der Waals surface area contributed by atoms with Crippen LogP contribution in [0.15, 0.2) is 12.2 Å². The van der Waals surface area contributed by atoms with Gasteiger partial charge in [-0.2, -0.15) is 0 Å². The van der Waals surface area contributed by atoms with Crippen molar-refractivity contribution in [3.63, 3.8) is 0 Å². The van der Waals surface area contributed by atoms with E-state index >= 15 is 0 Å². The highest BCUT2D eigenvalue weighted by Gasteiger charge is 2.52. The first-order valence-electron chi connectivity index (χ1n) is 7.47. The normalized spacial score (nSPS) is 34.9. The van der Waals surface area contributed by atoms with Crippen LogP contribution in [-0.2, 0) is 9.59 Å². The molecule has 0 aromatic rings. The molecular formula is C16H20N2O3. The summed E-state index contributed by atoms with van der Waals surface area (Å²) in [7, 11) is 0. The zero-order valence-electron chi connectivity index (χ0n) is 11.9. The van der Waals surface area contributed by atoms with Gasteiger partial charge in [0.1, 0.15) is 0 Å². The molecule has 2 bridgehead atoms. The molecule has 1 saturated carbocycles. The summed E-state index contributed by atoms with van der Waals surface area (Å²) >= 11 is 0. The Morgan fingerprint density at radius 3 is 2.33 bits per heavy atom. The maximum atomic E-state index is 12.7. The smallest absolute Gasteiger partial charge is 0.307 e. The molecule has 4 atom stereocenters. The van der Waals surface area contributed by atoms with Crippen LogP contribution in [0.4, 0.5) is 0 Å². The van der Waals surface area contributed by atoms with Crippen LogP contribution in [0.25, 0.3) is 0 Å². The summed E-state index contributed by atoms with van der Waals surface area (Å²) in [4.78, 5) is 28.2. The SMILES string of the molecule is C#CCN1CCN(C(=O)C2C3C=CC(C3)C2C(=O)O)CC1. The van der Waals surface area contributed by atoms with Crippen LogP contribution in [0.3, 0.4) is 0 Å². The first-order valence-corrected chi connectivity index (χ1v) is 7.47. The second-order valence-electron chi connectivity index (χ2n) is 6.14. The quantitative estimate of drug-likeness (QED) is 0.599. The van der Waals surface area contributed by atoms with Gasteiger partial charge in [0.15, 0.2) is 0 Å². The summed E-state index contributed by atoms with van der Waals surface area (Å²) in [5.41, 5.74) is 0. The van der Waals surface area contributed by atoms with Crippen LogP contribution in [0, 0.1) is 36.0 Å². The summed E-state index contributed by atoms with van der Waals surface area (Å²) in [6, 6.07) is 0. The molecule has 3 rings (SSSR count). The number of nitrogens with zero attached hydrogens (tertiary/aromatic N) is 2. The van der Waals surface area contributed by atoms with E-state index in [-0.39, 0.29) is 23.7 Å². The van der Waals surface area contributed by atoms with Crippen LogP contribution >= 0.6 is 0 Å². The number of carboxylic acid groups (broad SMARTS) is 1. The molecule has 112 valence electrons. The lowest BCUT2D eigenvalue weighted by Gasteiger charge is -2.37. The molecule has 5 nitrogen and oxygen atoms in total. The molecule has 4 unspecified atom stereocenters. The molecule has 5 heteroatoms. The Morgan fingerprint density at radius 1 is 1.14 bits per heavy atom. The van der Waals surface area contributed by atoms with Crippen LogP contribution < -0.4 is 0 Å². The molecule has 1 saturated heterocycles. The highest BCUT2D eigenvalue weighted by molar-refractivity contribution is 5.87. The Bertz CT molecular complexity index is 514. The van der Waals surface area contributed by atoms with E-state index in [0.29, 0.717) is 19.6 Å². The number of carboxylic acids is 1. The van der Waals surface area contributed by atoms with Gasteiger partial charge in [0.2, 0.25) is 5.91 Å². The van der Waals surface area contributed by atoms with Crippen molar-refractivity contribution in [2.45, 2.75) is 6.42 Å². The van der Waals surface area contributed by atoms with Crippen molar-refractivity contribution in [3.05, 3.63) is 12.2 Å². The average Bonchev–Trinajstić information content (AvgIpc) is 3.08. The van der Waals surface area contributed by atoms with Gasteiger partial charge >= 0.3 is 5.97 Å². The number of hydrogen-bond acceptors (Lipinski definition) is 3. The van der Waals surface area contributed by atoms with Crippen molar-refractivity contribution in [2.75, 3.05) is 32.7 Å². The first-order chi connectivity index (χ1) is 10.1. The predicted molar refractivity (Wildman–Crippen MR) is 77.2 cm³/mol. The van der Waals surface area contributed by atoms with E-state index in [9.17, 15) is 14.7 Å². The van der Waals surface area contributed by atoms with E-state index in [1.54, 1.807) is 0 Å². The molecular weight excluding hydrogens is 268 g/mol. The topological polar surface area (TPSA) is 60.9 Å². The molecule has 0 radical (unpaired) electrons. The first kappa shape index (κ1) is 14.2. The van der Waals surface area contributed by atoms with E-state index < -0.39 is 11.9 Å². The zero-order chi connectivity index (χ0) is 15.0. The molecule has 0 spiro atoms. The lowest BCUT2D eigenvalue weighted by molar-refractivity contribution is -0.151. The number of hydrogen-bond donors (Lipinski definition) is 1. The fourth-order valence-electron chi connectivity index (χ4n) is 3.96. The summed E-state index contributed by atoms with van der Waals surface area (Å²) in [6.07, 6.45) is 10.1. The Kier molecular flexibility index (Phi) is 3.73. The minimum atomic E-state index is -0.837. The lowest BCUT2D eigenvalue weighted by Crippen LogP contribution is -2.52. The number of amides is 1. The minimum Gasteiger partial charge on any atom is -0.481 e. The number of allylic oxidation sites excluding steroid dienone is 2. The Balaban J connectivity index is 1.67. The Hall–Kier alpha value is -1.80. The highest BCUT2D eigenvalue weighted by atomic mass is 16.4. The maximum Gasteiger partial charge on any atom is 0.307 e. The van der Waals surface area contributed by atoms with E-state index in [2.05, 4.69) is 10.8 Å². The third-order valence-electron chi connectivity index (χ3n) is 5.03. The molecule has 1 aliphatic heterocycles. The van der Waals surface area contributed by atoms with Crippen LogP contribution in [0.1, 0.15) is 6.42 Å². The van der Waals surface area contributed by atoms with Crippen molar-refractivity contribution >= 4 is 11.9 Å². The van der Waals surface area contributed by atoms with Gasteiger partial charge in [-0.15, -0.1) is 6.42 Å². The zero-order valence-corrected chi connectivity index (χ0v) is 11.9. The maximum absolute atomic E-state index is 12.7. The third kappa shape index (κ3) is 2.44. The van der Waals surface area contributed by atoms with Gasteiger partial charge < -0.3 is 10.0 Å². The Labute approximate surface area is 124 Å². The van der Waals surface area contributed by atoms with Crippen molar-refractivity contribution in [2.24, 2.45) is 23.7 Å². The van der Waals surface area contributed by atoms with E-state index in [1.165, 1.54) is 0 Å². The van der Waals surface area contributed by atoms with Crippen molar-refractivity contribution in [3.8, 4) is 12.3 Å². The van der Waals surface area contributed by atoms with Crippen LogP contribution in [-0.4, -0.2) is 59.5 Å². The number of rotatable bonds is 3. The second-order valence-corrected chi connectivity index (χ2v) is 6.14. The van der Waals surface area contributed by atoms with Gasteiger partial charge in [-0.05, 0) is 18.3 Å². The molecule has 0 aromatic heterocycles. The largest absolute Gasteiger partial charge is 0.481 e. The fourth-order valence-corrected chi connectivity index (χ4v) is 3.96. The number of aliphatic carboxylic acids is 1. The summed E-state index contributed by atoms with van der Waals surface area (Å²) in [6.45, 7) is 3.43. The standard InChI is InChI=1S/C16H20N2O3/c1-2-5-17-6-8-18(9-7-17)15(19)13-11-3-4-12(10-11)14(13)16(20)21/h1,3-4,11-14H,5-10H2,(H,20,21). The molecule has 3 aliphatic rings. The van der Waals surface area contributed by atoms with Crippen molar-refractivity contribution < 1.29 is 14.7 Å². The van der Waals surface area contributed by atoms with Crippen LogP contribution in [0.5, 0.6) is 0 Å². The van der Waals surface area contributed by atoms with E-state index in [4.69, 9.17) is 6.42 Å². The summed E-state index contributed by atoms with van der Waals surface area (Å²) < 4.78 is 0. The summed E-state index contributed by atoms with van der Waals surface area (Å²) in [5.74, 6) is 1.01. The van der Waals surface area contributed by atoms with E-state index in [1.807, 2.05) is 17.1 Å². The number of carbonyl (C=O) groups excluding carboxylic acids is 1. The third-order valence-corrected chi connectivity index (χ3v) is 5.03. The van der Waals surface area contributed by atoms with Crippen molar-refractivity contribution in [1.82, 2.24) is 9.80 Å². The van der Waals surface area contributed by atoms with E-state index in [0.717, 1.165) is 19.5 Å². The molecule has 2 fully saturated rings. The Morgan fingerprint density at radius 2 is 1.76 bits per heavy atom. The molecule has 1 N–H and O–H groups in total. The van der Waals surface area contributed by atoms with Gasteiger partial charge in [-0.25, -0.2) is 0 Å². The lowest BCUT2D eigenvalue weighted by atomic mass is 9.82. The monoisotopic (exact) mass is 288 g/mol. The van der Waals surface area contributed by atoms with Gasteiger partial charge in [-0.3, -0.25) is 14.5 Å². The average molecular weight is 288 g/mol. The van der Waals surface area contributed by atoms with Crippen LogP contribution in [0.2, 0.25) is 0 Å². The molecule has 1 amide bonds. The van der Waals surface area contributed by atoms with Gasteiger partial charge in [0, 0.05) is 26.2 Å². The molecule has 2 aliphatic carbocycles. The summed E-state index contributed by atoms with van der Waals surface area (Å²) in [5, 5.41) is 9.43. The second kappa shape index (κ2) is 5.53. The minimum absolute atomic E-state index is 0.0135. The molecule has 21 heavy (non-hydrogen) atoms. The fraction of sp³-hybridized carbons (Fsp3) is 0.625. The predicted octanol–water partition coefficient (Wildman–Crippen LogP) is 0.287. The van der Waals surface area contributed by atoms with Gasteiger partial charge in [0.25, 0.3) is 0 Å². The molecule has 0 aromatic carbocycles. The molecule has 1 heterocycles. The number of terminal acetylenes is 1. The number of carbonyl (C=O) groups is 2. The van der Waals surface area contributed by atoms with Crippen molar-refractivity contribution in [1.29, 1.82) is 0 Å². The van der Waals surface area contributed by atoms with Gasteiger partial charge in [-0.1, -0.05) is 18.1 Å².